The second-order valence-corrected chi connectivity index (χ2v) is 2.89. The Balaban J connectivity index is 2.96. The summed E-state index contributed by atoms with van der Waals surface area (Å²) in [4.78, 5) is 0. The van der Waals surface area contributed by atoms with Gasteiger partial charge in [0.15, 0.2) is 0 Å². The van der Waals surface area contributed by atoms with Crippen molar-refractivity contribution in [3.63, 3.8) is 0 Å². The molecular formula is C10H16N2. The number of benzene rings is 1. The number of hydrogen-bond acceptors (Lipinski definition) is 2. The van der Waals surface area contributed by atoms with E-state index in [1.54, 1.807) is 0 Å². The Labute approximate surface area is 73.6 Å². The van der Waals surface area contributed by atoms with Crippen LogP contribution in [0.5, 0.6) is 0 Å². The van der Waals surface area contributed by atoms with E-state index in [0.717, 1.165) is 6.42 Å². The van der Waals surface area contributed by atoms with Gasteiger partial charge in [-0.15, -0.1) is 0 Å². The van der Waals surface area contributed by atoms with Crippen LogP contribution in [-0.2, 0) is 6.42 Å². The Bertz CT molecular complexity index is 245. The number of aryl methyl sites for hydroxylation is 1. The summed E-state index contributed by atoms with van der Waals surface area (Å²) in [6.07, 6.45) is 1.02. The average Bonchev–Trinajstić information content (AvgIpc) is 2.16. The van der Waals surface area contributed by atoms with E-state index in [2.05, 4.69) is 19.1 Å². The van der Waals surface area contributed by atoms with E-state index >= 15 is 0 Å². The maximum Gasteiger partial charge on any atom is 0.0422 e. The van der Waals surface area contributed by atoms with Gasteiger partial charge in [-0.3, -0.25) is 0 Å². The molecule has 1 rings (SSSR count). The summed E-state index contributed by atoms with van der Waals surface area (Å²) in [6, 6.07) is 8.18. The van der Waals surface area contributed by atoms with E-state index in [-0.39, 0.29) is 6.04 Å². The second kappa shape index (κ2) is 4.24. The lowest BCUT2D eigenvalue weighted by Gasteiger charge is -2.13. The lowest BCUT2D eigenvalue weighted by molar-refractivity contribution is 0.727. The Morgan fingerprint density at radius 2 is 2.00 bits per heavy atom. The Morgan fingerprint density at radius 1 is 1.33 bits per heavy atom. The monoisotopic (exact) mass is 164 g/mol. The molecule has 2 heteroatoms. The van der Waals surface area contributed by atoms with Gasteiger partial charge in [-0.1, -0.05) is 31.2 Å². The Kier molecular flexibility index (Phi) is 3.26. The van der Waals surface area contributed by atoms with Crippen LogP contribution in [0.2, 0.25) is 0 Å². The highest BCUT2D eigenvalue weighted by Gasteiger charge is 2.06. The van der Waals surface area contributed by atoms with Gasteiger partial charge >= 0.3 is 0 Å². The van der Waals surface area contributed by atoms with Crippen LogP contribution in [0.4, 0.5) is 0 Å². The lowest BCUT2D eigenvalue weighted by atomic mass is 9.99. The van der Waals surface area contributed by atoms with Crippen LogP contribution in [0.25, 0.3) is 0 Å². The van der Waals surface area contributed by atoms with Crippen LogP contribution in [0, 0.1) is 0 Å². The molecule has 4 N–H and O–H groups in total. The van der Waals surface area contributed by atoms with Gasteiger partial charge in [0.1, 0.15) is 0 Å². The van der Waals surface area contributed by atoms with Crippen molar-refractivity contribution >= 4 is 0 Å². The van der Waals surface area contributed by atoms with E-state index in [9.17, 15) is 0 Å². The van der Waals surface area contributed by atoms with Crippen molar-refractivity contribution in [1.29, 1.82) is 0 Å². The van der Waals surface area contributed by atoms with Crippen molar-refractivity contribution in [2.45, 2.75) is 19.4 Å². The van der Waals surface area contributed by atoms with Gasteiger partial charge in [0.2, 0.25) is 0 Å². The lowest BCUT2D eigenvalue weighted by Crippen LogP contribution is -2.21. The second-order valence-electron chi connectivity index (χ2n) is 2.89. The molecule has 0 aromatic heterocycles. The van der Waals surface area contributed by atoms with Gasteiger partial charge in [-0.05, 0) is 17.5 Å². The minimum Gasteiger partial charge on any atom is -0.329 e. The first-order chi connectivity index (χ1) is 5.79. The maximum atomic E-state index is 5.85. The molecule has 1 atom stereocenters. The van der Waals surface area contributed by atoms with Crippen LogP contribution in [0.3, 0.4) is 0 Å². The SMILES string of the molecule is CCc1ccccc1C(N)CN. The predicted molar refractivity (Wildman–Crippen MR) is 51.8 cm³/mol. The van der Waals surface area contributed by atoms with E-state index in [0.29, 0.717) is 6.54 Å². The van der Waals surface area contributed by atoms with E-state index < -0.39 is 0 Å². The molecule has 1 unspecified atom stereocenters. The third-order valence-electron chi connectivity index (χ3n) is 2.09. The first kappa shape index (κ1) is 9.23. The van der Waals surface area contributed by atoms with Crippen molar-refractivity contribution in [1.82, 2.24) is 0 Å². The first-order valence-electron chi connectivity index (χ1n) is 4.33. The maximum absolute atomic E-state index is 5.85. The molecular weight excluding hydrogens is 148 g/mol. The molecule has 1 aromatic carbocycles. The normalized spacial score (nSPS) is 12.9. The largest absolute Gasteiger partial charge is 0.329 e. The molecule has 0 amide bonds. The minimum atomic E-state index is -0.0128. The number of hydrogen-bond donors (Lipinski definition) is 2. The molecule has 0 bridgehead atoms. The molecule has 66 valence electrons. The highest BCUT2D eigenvalue weighted by molar-refractivity contribution is 5.29. The summed E-state index contributed by atoms with van der Waals surface area (Å²) < 4.78 is 0. The molecule has 0 aliphatic heterocycles. The molecule has 0 fully saturated rings. The van der Waals surface area contributed by atoms with E-state index in [4.69, 9.17) is 11.5 Å². The van der Waals surface area contributed by atoms with Gasteiger partial charge in [-0.2, -0.15) is 0 Å². The Hall–Kier alpha value is -0.860. The number of rotatable bonds is 3. The molecule has 0 aliphatic carbocycles. The van der Waals surface area contributed by atoms with Crippen LogP contribution >= 0.6 is 0 Å². The highest BCUT2D eigenvalue weighted by Crippen LogP contribution is 2.15. The molecule has 2 nitrogen and oxygen atoms in total. The summed E-state index contributed by atoms with van der Waals surface area (Å²) in [5, 5.41) is 0. The molecule has 0 saturated heterocycles. The van der Waals surface area contributed by atoms with E-state index in [1.165, 1.54) is 11.1 Å². The summed E-state index contributed by atoms with van der Waals surface area (Å²) >= 11 is 0. The molecule has 0 heterocycles. The smallest absolute Gasteiger partial charge is 0.0422 e. The molecule has 0 saturated carbocycles. The van der Waals surface area contributed by atoms with Crippen molar-refractivity contribution in [2.75, 3.05) is 6.54 Å². The quantitative estimate of drug-likeness (QED) is 0.705. The Morgan fingerprint density at radius 3 is 2.58 bits per heavy atom. The third kappa shape index (κ3) is 1.84. The number of nitrogens with two attached hydrogens (primary N) is 2. The minimum absolute atomic E-state index is 0.0128. The fraction of sp³-hybridized carbons (Fsp3) is 0.400. The van der Waals surface area contributed by atoms with E-state index in [1.807, 2.05) is 12.1 Å². The van der Waals surface area contributed by atoms with Crippen molar-refractivity contribution in [3.05, 3.63) is 35.4 Å². The zero-order valence-corrected chi connectivity index (χ0v) is 7.46. The first-order valence-corrected chi connectivity index (χ1v) is 4.33. The molecule has 0 radical (unpaired) electrons. The van der Waals surface area contributed by atoms with Crippen LogP contribution in [0.1, 0.15) is 24.1 Å². The van der Waals surface area contributed by atoms with Crippen molar-refractivity contribution < 1.29 is 0 Å². The standard InChI is InChI=1S/C10H16N2/c1-2-8-5-3-4-6-9(8)10(12)7-11/h3-6,10H,2,7,11-12H2,1H3. The van der Waals surface area contributed by atoms with Gasteiger partial charge in [-0.25, -0.2) is 0 Å². The van der Waals surface area contributed by atoms with Crippen molar-refractivity contribution in [2.24, 2.45) is 11.5 Å². The summed E-state index contributed by atoms with van der Waals surface area (Å²) in [5.74, 6) is 0. The van der Waals surface area contributed by atoms with Gasteiger partial charge in [0, 0.05) is 12.6 Å². The van der Waals surface area contributed by atoms with Gasteiger partial charge < -0.3 is 11.5 Å². The fourth-order valence-corrected chi connectivity index (χ4v) is 1.34. The van der Waals surface area contributed by atoms with Crippen LogP contribution in [-0.4, -0.2) is 6.54 Å². The molecule has 1 aromatic rings. The predicted octanol–water partition coefficient (Wildman–Crippen LogP) is 1.21. The van der Waals surface area contributed by atoms with Crippen molar-refractivity contribution in [3.8, 4) is 0 Å². The third-order valence-corrected chi connectivity index (χ3v) is 2.09. The fourth-order valence-electron chi connectivity index (χ4n) is 1.34. The zero-order chi connectivity index (χ0) is 8.97. The topological polar surface area (TPSA) is 52.0 Å². The molecule has 0 aliphatic rings. The average molecular weight is 164 g/mol. The van der Waals surface area contributed by atoms with Gasteiger partial charge in [0.25, 0.3) is 0 Å². The molecule has 12 heavy (non-hydrogen) atoms. The zero-order valence-electron chi connectivity index (χ0n) is 7.46. The summed E-state index contributed by atoms with van der Waals surface area (Å²) in [5.41, 5.74) is 13.8. The van der Waals surface area contributed by atoms with Crippen LogP contribution in [0.15, 0.2) is 24.3 Å². The highest BCUT2D eigenvalue weighted by atomic mass is 14.7. The van der Waals surface area contributed by atoms with Gasteiger partial charge in [0.05, 0.1) is 0 Å². The summed E-state index contributed by atoms with van der Waals surface area (Å²) in [6.45, 7) is 2.64. The molecule has 0 spiro atoms. The summed E-state index contributed by atoms with van der Waals surface area (Å²) in [7, 11) is 0. The van der Waals surface area contributed by atoms with Crippen LogP contribution < -0.4 is 11.5 Å².